The van der Waals surface area contributed by atoms with Crippen LogP contribution in [-0.2, 0) is 0 Å². The minimum Gasteiger partial charge on any atom is -0.495 e. The van der Waals surface area contributed by atoms with Crippen molar-refractivity contribution in [2.75, 3.05) is 12.4 Å². The van der Waals surface area contributed by atoms with Gasteiger partial charge in [0.2, 0.25) is 0 Å². The second-order valence-corrected chi connectivity index (χ2v) is 3.30. The number of carbonyl (C=O) groups is 1. The van der Waals surface area contributed by atoms with E-state index in [1.165, 1.54) is 0 Å². The molecule has 0 bridgehead atoms. The summed E-state index contributed by atoms with van der Waals surface area (Å²) in [5.74, 6) is 5.56. The molecule has 5 nitrogen and oxygen atoms in total. The van der Waals surface area contributed by atoms with Crippen LogP contribution >= 0.6 is 15.9 Å². The van der Waals surface area contributed by atoms with Crippen molar-refractivity contribution in [3.8, 4) is 5.75 Å². The Balaban J connectivity index is 2.84. The largest absolute Gasteiger partial charge is 0.495 e. The summed E-state index contributed by atoms with van der Waals surface area (Å²) in [6, 6.07) is 4.70. The fraction of sp³-hybridized carbons (Fsp3) is 0.125. The lowest BCUT2D eigenvalue weighted by atomic mass is 10.3. The first kappa shape index (κ1) is 10.8. The number of benzene rings is 1. The van der Waals surface area contributed by atoms with Crippen LogP contribution in [0.15, 0.2) is 22.7 Å². The molecule has 0 aliphatic carbocycles. The predicted octanol–water partition coefficient (Wildman–Crippen LogP) is 1.45. The molecule has 0 saturated heterocycles. The quantitative estimate of drug-likeness (QED) is 0.428. The number of anilines is 1. The second kappa shape index (κ2) is 4.83. The zero-order chi connectivity index (χ0) is 10.6. The molecule has 0 aliphatic heterocycles. The molecule has 0 heterocycles. The predicted molar refractivity (Wildman–Crippen MR) is 57.0 cm³/mol. The van der Waals surface area contributed by atoms with Crippen molar-refractivity contribution < 1.29 is 9.53 Å². The number of rotatable bonds is 2. The van der Waals surface area contributed by atoms with Gasteiger partial charge in [0.25, 0.3) is 0 Å². The Morgan fingerprint density at radius 3 is 2.86 bits per heavy atom. The molecule has 0 spiro atoms. The third-order valence-electron chi connectivity index (χ3n) is 1.54. The molecule has 1 rings (SSSR count). The summed E-state index contributed by atoms with van der Waals surface area (Å²) in [7, 11) is 1.55. The van der Waals surface area contributed by atoms with Gasteiger partial charge in [-0.25, -0.2) is 10.6 Å². The van der Waals surface area contributed by atoms with Crippen LogP contribution in [0.3, 0.4) is 0 Å². The van der Waals surface area contributed by atoms with Crippen molar-refractivity contribution in [3.05, 3.63) is 22.7 Å². The molecule has 0 saturated carbocycles. The average Bonchev–Trinajstić information content (AvgIpc) is 2.20. The highest BCUT2D eigenvalue weighted by atomic mass is 79.9. The van der Waals surface area contributed by atoms with Crippen LogP contribution in [0, 0.1) is 0 Å². The van der Waals surface area contributed by atoms with Crippen molar-refractivity contribution in [3.63, 3.8) is 0 Å². The van der Waals surface area contributed by atoms with E-state index in [9.17, 15) is 4.79 Å². The monoisotopic (exact) mass is 259 g/mol. The molecule has 4 N–H and O–H groups in total. The van der Waals surface area contributed by atoms with Crippen LogP contribution in [-0.4, -0.2) is 13.1 Å². The summed E-state index contributed by atoms with van der Waals surface area (Å²) >= 11 is 3.30. The minimum absolute atomic E-state index is 0.477. The molecule has 2 amide bonds. The van der Waals surface area contributed by atoms with Gasteiger partial charge in [0.15, 0.2) is 0 Å². The van der Waals surface area contributed by atoms with Gasteiger partial charge < -0.3 is 10.1 Å². The van der Waals surface area contributed by atoms with Gasteiger partial charge in [-0.2, -0.15) is 0 Å². The summed E-state index contributed by atoms with van der Waals surface area (Å²) in [6.07, 6.45) is 0. The van der Waals surface area contributed by atoms with Gasteiger partial charge in [0.05, 0.1) is 11.6 Å². The molecule has 1 aromatic carbocycles. The summed E-state index contributed by atoms with van der Waals surface area (Å²) in [4.78, 5) is 10.9. The minimum atomic E-state index is -0.477. The van der Waals surface area contributed by atoms with E-state index in [1.807, 2.05) is 5.43 Å². The van der Waals surface area contributed by atoms with Crippen LogP contribution in [0.1, 0.15) is 0 Å². The molecule has 0 aliphatic rings. The lowest BCUT2D eigenvalue weighted by molar-refractivity contribution is 0.252. The second-order valence-electron chi connectivity index (χ2n) is 2.45. The first-order valence-corrected chi connectivity index (χ1v) is 4.58. The highest BCUT2D eigenvalue weighted by Gasteiger charge is 2.03. The van der Waals surface area contributed by atoms with Crippen molar-refractivity contribution in [2.45, 2.75) is 0 Å². The number of hydrazine groups is 1. The highest BCUT2D eigenvalue weighted by molar-refractivity contribution is 9.10. The molecule has 0 fully saturated rings. The first-order chi connectivity index (χ1) is 6.67. The Kier molecular flexibility index (Phi) is 3.73. The number of halogens is 1. The Hall–Kier alpha value is -1.27. The van der Waals surface area contributed by atoms with E-state index in [0.29, 0.717) is 11.4 Å². The molecule has 0 aromatic heterocycles. The summed E-state index contributed by atoms with van der Waals surface area (Å²) < 4.78 is 5.87. The maximum Gasteiger partial charge on any atom is 0.333 e. The molecule has 0 atom stereocenters. The van der Waals surface area contributed by atoms with Crippen LogP contribution in [0.4, 0.5) is 10.5 Å². The van der Waals surface area contributed by atoms with E-state index in [0.717, 1.165) is 4.47 Å². The van der Waals surface area contributed by atoms with Crippen LogP contribution < -0.4 is 21.3 Å². The number of amides is 2. The van der Waals surface area contributed by atoms with Crippen LogP contribution in [0.5, 0.6) is 5.75 Å². The van der Waals surface area contributed by atoms with E-state index >= 15 is 0 Å². The first-order valence-electron chi connectivity index (χ1n) is 3.78. The maximum atomic E-state index is 10.9. The topological polar surface area (TPSA) is 76.4 Å². The van der Waals surface area contributed by atoms with Gasteiger partial charge in [-0.1, -0.05) is 0 Å². The lowest BCUT2D eigenvalue weighted by Gasteiger charge is -2.07. The van der Waals surface area contributed by atoms with Gasteiger partial charge in [0, 0.05) is 11.8 Å². The molecular weight excluding hydrogens is 250 g/mol. The van der Waals surface area contributed by atoms with E-state index in [4.69, 9.17) is 10.6 Å². The fourth-order valence-corrected chi connectivity index (χ4v) is 1.31. The molecule has 76 valence electrons. The Morgan fingerprint density at radius 2 is 2.29 bits per heavy atom. The van der Waals surface area contributed by atoms with Gasteiger partial charge in [-0.15, -0.1) is 0 Å². The third-order valence-corrected chi connectivity index (χ3v) is 2.20. The molecule has 1 aromatic rings. The maximum absolute atomic E-state index is 10.9. The van der Waals surface area contributed by atoms with Gasteiger partial charge in [-0.3, -0.25) is 5.43 Å². The molecule has 0 radical (unpaired) electrons. The number of nitrogens with one attached hydrogen (secondary N) is 2. The number of hydrogen-bond donors (Lipinski definition) is 3. The van der Waals surface area contributed by atoms with E-state index in [-0.39, 0.29) is 0 Å². The number of methoxy groups -OCH3 is 1. The Bertz CT molecular complexity index is 343. The van der Waals surface area contributed by atoms with E-state index in [1.54, 1.807) is 25.3 Å². The highest BCUT2D eigenvalue weighted by Crippen LogP contribution is 2.27. The Morgan fingerprint density at radius 1 is 1.57 bits per heavy atom. The number of hydrogen-bond acceptors (Lipinski definition) is 3. The lowest BCUT2D eigenvalue weighted by Crippen LogP contribution is -2.34. The smallest absolute Gasteiger partial charge is 0.333 e. The van der Waals surface area contributed by atoms with Crippen molar-refractivity contribution in [1.82, 2.24) is 5.43 Å². The molecule has 0 unspecified atom stereocenters. The van der Waals surface area contributed by atoms with Crippen LogP contribution in [0.25, 0.3) is 0 Å². The van der Waals surface area contributed by atoms with Gasteiger partial charge in [0.1, 0.15) is 5.75 Å². The SMILES string of the molecule is COc1cc(NC(=O)NN)ccc1Br. The molecular formula is C8H10BrN3O2. The van der Waals surface area contributed by atoms with Crippen molar-refractivity contribution in [2.24, 2.45) is 5.84 Å². The number of urea groups is 1. The molecule has 6 heteroatoms. The number of ether oxygens (including phenoxy) is 1. The molecule has 14 heavy (non-hydrogen) atoms. The van der Waals surface area contributed by atoms with Gasteiger partial charge >= 0.3 is 6.03 Å². The zero-order valence-corrected chi connectivity index (χ0v) is 9.09. The van der Waals surface area contributed by atoms with Gasteiger partial charge in [-0.05, 0) is 28.1 Å². The van der Waals surface area contributed by atoms with Crippen molar-refractivity contribution in [1.29, 1.82) is 0 Å². The zero-order valence-electron chi connectivity index (χ0n) is 7.50. The Labute approximate surface area is 89.7 Å². The third kappa shape index (κ3) is 2.61. The fourth-order valence-electron chi connectivity index (χ4n) is 0.905. The average molecular weight is 260 g/mol. The van der Waals surface area contributed by atoms with Crippen LogP contribution in [0.2, 0.25) is 0 Å². The summed E-state index contributed by atoms with van der Waals surface area (Å²) in [5.41, 5.74) is 2.57. The summed E-state index contributed by atoms with van der Waals surface area (Å²) in [5, 5.41) is 2.52. The number of carbonyl (C=O) groups excluding carboxylic acids is 1. The summed E-state index contributed by atoms with van der Waals surface area (Å²) in [6.45, 7) is 0. The normalized spacial score (nSPS) is 9.36. The van der Waals surface area contributed by atoms with E-state index in [2.05, 4.69) is 21.2 Å². The van der Waals surface area contributed by atoms with Crippen molar-refractivity contribution >= 4 is 27.6 Å². The number of nitrogens with two attached hydrogens (primary N) is 1. The standard InChI is InChI=1S/C8H10BrN3O2/c1-14-7-4-5(2-3-6(7)9)11-8(13)12-10/h2-4H,10H2,1H3,(H2,11,12,13). The van der Waals surface area contributed by atoms with E-state index < -0.39 is 6.03 Å².